The van der Waals surface area contributed by atoms with E-state index in [1.165, 1.54) is 23.0 Å². The first kappa shape index (κ1) is 23.0. The number of anilines is 1. The van der Waals surface area contributed by atoms with E-state index >= 15 is 0 Å². The third-order valence-electron chi connectivity index (χ3n) is 4.70. The molecule has 166 valence electrons. The van der Waals surface area contributed by atoms with E-state index in [2.05, 4.69) is 26.8 Å². The highest BCUT2D eigenvalue weighted by Crippen LogP contribution is 2.31. The third-order valence-corrected chi connectivity index (χ3v) is 4.70. The summed E-state index contributed by atoms with van der Waals surface area (Å²) in [6.45, 7) is 7.07. The summed E-state index contributed by atoms with van der Waals surface area (Å²) in [5, 5.41) is 3.22. The van der Waals surface area contributed by atoms with Gasteiger partial charge in [0.25, 0.3) is 6.43 Å². The molecule has 8 heteroatoms. The fourth-order valence-corrected chi connectivity index (χ4v) is 3.27. The van der Waals surface area contributed by atoms with E-state index in [-0.39, 0.29) is 6.04 Å². The number of halogens is 3. The van der Waals surface area contributed by atoms with Gasteiger partial charge in [-0.3, -0.25) is 0 Å². The summed E-state index contributed by atoms with van der Waals surface area (Å²) in [6, 6.07) is 7.22. The van der Waals surface area contributed by atoms with Gasteiger partial charge in [0.15, 0.2) is 0 Å². The van der Waals surface area contributed by atoms with Crippen molar-refractivity contribution in [3.05, 3.63) is 85.1 Å². The van der Waals surface area contributed by atoms with Crippen LogP contribution in [-0.2, 0) is 6.54 Å². The predicted molar refractivity (Wildman–Crippen MR) is 121 cm³/mol. The molecule has 0 bridgehead atoms. The maximum atomic E-state index is 13.4. The summed E-state index contributed by atoms with van der Waals surface area (Å²) < 4.78 is 41.1. The van der Waals surface area contributed by atoms with Gasteiger partial charge in [0.2, 0.25) is 5.95 Å². The minimum Gasteiger partial charge on any atom is -0.348 e. The lowest BCUT2D eigenvalue weighted by atomic mass is 10.1. The molecule has 1 atom stereocenters. The highest BCUT2D eigenvalue weighted by Gasteiger charge is 2.19. The van der Waals surface area contributed by atoms with Crippen molar-refractivity contribution in [2.24, 2.45) is 0 Å². The summed E-state index contributed by atoms with van der Waals surface area (Å²) in [7, 11) is 0. The number of imidazole rings is 1. The largest absolute Gasteiger partial charge is 0.348 e. The van der Waals surface area contributed by atoms with Crippen molar-refractivity contribution >= 4 is 5.95 Å². The number of hydrogen-bond acceptors (Lipinski definition) is 4. The standard InChI is InChI=1S/C24H24F3N5/c1-4-6-17(7-5-2)16(3)30-24-28-13-12-20(31-24)23-22(18-8-10-19(25)11-9-18)29-15-32(23)14-21(26)27/h4-13,15-16,21H,1,14H2,2-3H3,(H,28,30,31)/b7-5-,17-6+. The minimum absolute atomic E-state index is 0.123. The van der Waals surface area contributed by atoms with E-state index in [9.17, 15) is 13.2 Å². The van der Waals surface area contributed by atoms with Crippen LogP contribution < -0.4 is 5.32 Å². The van der Waals surface area contributed by atoms with Gasteiger partial charge < -0.3 is 9.88 Å². The van der Waals surface area contributed by atoms with E-state index in [0.29, 0.717) is 28.6 Å². The average molecular weight is 439 g/mol. The van der Waals surface area contributed by atoms with Crippen LogP contribution in [0, 0.1) is 5.82 Å². The first-order chi connectivity index (χ1) is 15.4. The number of nitrogens with zero attached hydrogens (tertiary/aromatic N) is 4. The molecule has 1 unspecified atom stereocenters. The van der Waals surface area contributed by atoms with Gasteiger partial charge in [0.05, 0.1) is 36.0 Å². The van der Waals surface area contributed by atoms with Crippen molar-refractivity contribution in [2.45, 2.75) is 32.9 Å². The molecule has 2 aromatic heterocycles. The van der Waals surface area contributed by atoms with Crippen molar-refractivity contribution < 1.29 is 13.2 Å². The van der Waals surface area contributed by atoms with Gasteiger partial charge in [0.1, 0.15) is 5.82 Å². The molecule has 0 fully saturated rings. The zero-order valence-electron chi connectivity index (χ0n) is 17.8. The molecular formula is C24H24F3N5. The number of alkyl halides is 2. The summed E-state index contributed by atoms with van der Waals surface area (Å²) in [4.78, 5) is 13.1. The summed E-state index contributed by atoms with van der Waals surface area (Å²) in [6.07, 6.45) is 7.77. The van der Waals surface area contributed by atoms with Gasteiger partial charge in [-0.15, -0.1) is 0 Å². The second-order valence-electron chi connectivity index (χ2n) is 7.03. The zero-order chi connectivity index (χ0) is 23.1. The molecule has 2 heterocycles. The molecule has 0 aliphatic heterocycles. The normalized spacial score (nSPS) is 13.0. The number of aromatic nitrogens is 4. The Hall–Kier alpha value is -3.68. The molecule has 3 rings (SSSR count). The van der Waals surface area contributed by atoms with Gasteiger partial charge in [-0.1, -0.05) is 30.9 Å². The molecule has 0 spiro atoms. The molecule has 0 saturated heterocycles. The van der Waals surface area contributed by atoms with Crippen molar-refractivity contribution in [1.82, 2.24) is 19.5 Å². The van der Waals surface area contributed by atoms with Crippen LogP contribution >= 0.6 is 0 Å². The Morgan fingerprint density at radius 2 is 1.94 bits per heavy atom. The molecule has 5 nitrogen and oxygen atoms in total. The molecule has 1 N–H and O–H groups in total. The fourth-order valence-electron chi connectivity index (χ4n) is 3.27. The summed E-state index contributed by atoms with van der Waals surface area (Å²) in [5.74, 6) is -0.0568. The van der Waals surface area contributed by atoms with Crippen molar-refractivity contribution in [1.29, 1.82) is 0 Å². The number of benzene rings is 1. The van der Waals surface area contributed by atoms with Gasteiger partial charge >= 0.3 is 0 Å². The average Bonchev–Trinajstić information content (AvgIpc) is 3.17. The Balaban J connectivity index is 2.02. The molecule has 3 aromatic rings. The van der Waals surface area contributed by atoms with Gasteiger partial charge in [0, 0.05) is 11.8 Å². The number of rotatable bonds is 9. The Labute approximate surface area is 185 Å². The first-order valence-electron chi connectivity index (χ1n) is 10.1. The molecule has 1 aromatic carbocycles. The fraction of sp³-hybridized carbons (Fsp3) is 0.208. The zero-order valence-corrected chi connectivity index (χ0v) is 17.8. The topological polar surface area (TPSA) is 55.6 Å². The number of allylic oxidation sites excluding steroid dienone is 3. The van der Waals surface area contributed by atoms with Gasteiger partial charge in [-0.2, -0.15) is 0 Å². The lowest BCUT2D eigenvalue weighted by Crippen LogP contribution is -2.19. The van der Waals surface area contributed by atoms with E-state index in [0.717, 1.165) is 5.57 Å². The van der Waals surface area contributed by atoms with Crippen molar-refractivity contribution in [3.63, 3.8) is 0 Å². The lowest BCUT2D eigenvalue weighted by Gasteiger charge is -2.16. The Morgan fingerprint density at radius 1 is 1.19 bits per heavy atom. The number of nitrogens with one attached hydrogen (secondary N) is 1. The van der Waals surface area contributed by atoms with Crippen LogP contribution in [0.5, 0.6) is 0 Å². The van der Waals surface area contributed by atoms with E-state index < -0.39 is 18.8 Å². The lowest BCUT2D eigenvalue weighted by molar-refractivity contribution is 0.127. The van der Waals surface area contributed by atoms with Crippen molar-refractivity contribution in [3.8, 4) is 22.6 Å². The summed E-state index contributed by atoms with van der Waals surface area (Å²) in [5.41, 5.74) is 2.84. The smallest absolute Gasteiger partial charge is 0.256 e. The van der Waals surface area contributed by atoms with Crippen molar-refractivity contribution in [2.75, 3.05) is 5.32 Å². The highest BCUT2D eigenvalue weighted by molar-refractivity contribution is 5.77. The number of hydrogen-bond donors (Lipinski definition) is 1. The Morgan fingerprint density at radius 3 is 2.59 bits per heavy atom. The molecule has 0 saturated carbocycles. The molecule has 0 aliphatic carbocycles. The first-order valence-corrected chi connectivity index (χ1v) is 10.1. The van der Waals surface area contributed by atoms with E-state index in [1.54, 1.807) is 30.5 Å². The molecule has 32 heavy (non-hydrogen) atoms. The SMILES string of the molecule is C=C/C=C(\C=C/C)C(C)Nc1nccc(-c2c(-c3ccc(F)cc3)ncn2CC(F)F)n1. The van der Waals surface area contributed by atoms with Crippen LogP contribution in [0.4, 0.5) is 19.1 Å². The molecule has 0 aliphatic rings. The Bertz CT molecular complexity index is 1120. The summed E-state index contributed by atoms with van der Waals surface area (Å²) >= 11 is 0. The van der Waals surface area contributed by atoms with Crippen LogP contribution in [0.15, 0.2) is 79.3 Å². The maximum absolute atomic E-state index is 13.4. The van der Waals surface area contributed by atoms with Crippen LogP contribution in [0.25, 0.3) is 22.6 Å². The second kappa shape index (κ2) is 10.6. The van der Waals surface area contributed by atoms with Gasteiger partial charge in [-0.25, -0.2) is 28.1 Å². The second-order valence-corrected chi connectivity index (χ2v) is 7.03. The molecular weight excluding hydrogens is 415 g/mol. The maximum Gasteiger partial charge on any atom is 0.256 e. The van der Waals surface area contributed by atoms with E-state index in [1.807, 2.05) is 32.1 Å². The van der Waals surface area contributed by atoms with Crippen LogP contribution in [0.3, 0.4) is 0 Å². The monoisotopic (exact) mass is 439 g/mol. The van der Waals surface area contributed by atoms with Crippen LogP contribution in [0.2, 0.25) is 0 Å². The van der Waals surface area contributed by atoms with Crippen LogP contribution in [0.1, 0.15) is 13.8 Å². The highest BCUT2D eigenvalue weighted by atomic mass is 19.3. The Kier molecular flexibility index (Phi) is 7.59. The van der Waals surface area contributed by atoms with Gasteiger partial charge in [-0.05, 0) is 49.8 Å². The molecule has 0 radical (unpaired) electrons. The van der Waals surface area contributed by atoms with Crippen LogP contribution in [-0.4, -0.2) is 32.0 Å². The van der Waals surface area contributed by atoms with E-state index in [4.69, 9.17) is 0 Å². The third kappa shape index (κ3) is 5.51. The quantitative estimate of drug-likeness (QED) is 0.422. The minimum atomic E-state index is -2.57. The molecule has 0 amide bonds. The predicted octanol–water partition coefficient (Wildman–Crippen LogP) is 5.90.